The average Bonchev–Trinajstić information content (AvgIpc) is 2.47. The number of hydrogen-bond donors (Lipinski definition) is 2. The molecule has 0 aliphatic carbocycles. The molecule has 1 aliphatic heterocycles. The van der Waals surface area contributed by atoms with E-state index in [-0.39, 0.29) is 12.5 Å². The summed E-state index contributed by atoms with van der Waals surface area (Å²) in [5.74, 6) is 2.92. The Morgan fingerprint density at radius 3 is 2.62 bits per heavy atom. The van der Waals surface area contributed by atoms with Crippen molar-refractivity contribution in [2.75, 3.05) is 31.2 Å². The first-order chi connectivity index (χ1) is 10.0. The lowest BCUT2D eigenvalue weighted by atomic mass is 9.90. The normalized spacial score (nSPS) is 18.2. The Hall–Kier alpha value is -0.260. The van der Waals surface area contributed by atoms with Crippen LogP contribution in [0, 0.1) is 11.8 Å². The van der Waals surface area contributed by atoms with E-state index >= 15 is 0 Å². The zero-order chi connectivity index (χ0) is 15.7. The molecule has 0 aromatic heterocycles. The Morgan fingerprint density at radius 2 is 2.05 bits per heavy atom. The number of aliphatic hydroxyl groups is 1. The van der Waals surface area contributed by atoms with E-state index in [2.05, 4.69) is 13.8 Å². The molecule has 21 heavy (non-hydrogen) atoms. The standard InChI is InChI=1S/C16H32N2O2S/c1-13(2)4-3-5-14-6-8-18(9-7-14)16(20)15(17)12-21-11-10-19/h13-15,19H,3-12,17H2,1-2H3. The molecule has 1 heterocycles. The summed E-state index contributed by atoms with van der Waals surface area (Å²) < 4.78 is 0. The van der Waals surface area contributed by atoms with Crippen LogP contribution in [0.1, 0.15) is 46.0 Å². The van der Waals surface area contributed by atoms with Crippen molar-refractivity contribution in [2.24, 2.45) is 17.6 Å². The fraction of sp³-hybridized carbons (Fsp3) is 0.938. The maximum Gasteiger partial charge on any atom is 0.240 e. The highest BCUT2D eigenvalue weighted by molar-refractivity contribution is 7.99. The van der Waals surface area contributed by atoms with Crippen molar-refractivity contribution in [1.29, 1.82) is 0 Å². The first-order valence-electron chi connectivity index (χ1n) is 8.27. The molecule has 4 nitrogen and oxygen atoms in total. The molecule has 0 aromatic carbocycles. The number of likely N-dealkylation sites (tertiary alicyclic amines) is 1. The molecular formula is C16H32N2O2S. The molecule has 1 fully saturated rings. The van der Waals surface area contributed by atoms with Crippen LogP contribution in [0.3, 0.4) is 0 Å². The van der Waals surface area contributed by atoms with Crippen LogP contribution in [0.4, 0.5) is 0 Å². The number of nitrogens with zero attached hydrogens (tertiary/aromatic N) is 1. The van der Waals surface area contributed by atoms with Gasteiger partial charge in [0, 0.05) is 24.6 Å². The van der Waals surface area contributed by atoms with Crippen molar-refractivity contribution in [1.82, 2.24) is 4.90 Å². The van der Waals surface area contributed by atoms with Crippen LogP contribution in [0.5, 0.6) is 0 Å². The summed E-state index contributed by atoms with van der Waals surface area (Å²) in [5, 5.41) is 8.74. The Labute approximate surface area is 133 Å². The van der Waals surface area contributed by atoms with Crippen molar-refractivity contribution in [3.05, 3.63) is 0 Å². The first kappa shape index (κ1) is 18.8. The second-order valence-corrected chi connectivity index (χ2v) is 7.65. The van der Waals surface area contributed by atoms with Gasteiger partial charge in [-0.2, -0.15) is 11.8 Å². The molecule has 0 radical (unpaired) electrons. The van der Waals surface area contributed by atoms with Gasteiger partial charge in [-0.3, -0.25) is 4.79 Å². The summed E-state index contributed by atoms with van der Waals surface area (Å²) in [6.45, 7) is 6.43. The summed E-state index contributed by atoms with van der Waals surface area (Å²) in [4.78, 5) is 14.2. The van der Waals surface area contributed by atoms with E-state index in [1.54, 1.807) is 11.8 Å². The molecule has 1 aliphatic rings. The third-order valence-corrected chi connectivity index (χ3v) is 5.24. The van der Waals surface area contributed by atoms with E-state index < -0.39 is 6.04 Å². The zero-order valence-electron chi connectivity index (χ0n) is 13.6. The number of hydrogen-bond acceptors (Lipinski definition) is 4. The molecule has 0 saturated carbocycles. The van der Waals surface area contributed by atoms with Crippen LogP contribution in [0.25, 0.3) is 0 Å². The predicted octanol–water partition coefficient (Wildman–Crippen LogP) is 2.10. The van der Waals surface area contributed by atoms with Gasteiger partial charge in [0.25, 0.3) is 0 Å². The third-order valence-electron chi connectivity index (χ3n) is 4.17. The lowest BCUT2D eigenvalue weighted by molar-refractivity contribution is -0.133. The fourth-order valence-corrected chi connectivity index (χ4v) is 3.53. The zero-order valence-corrected chi connectivity index (χ0v) is 14.4. The van der Waals surface area contributed by atoms with Gasteiger partial charge in [-0.25, -0.2) is 0 Å². The minimum Gasteiger partial charge on any atom is -0.396 e. The molecule has 1 unspecified atom stereocenters. The van der Waals surface area contributed by atoms with Gasteiger partial charge >= 0.3 is 0 Å². The van der Waals surface area contributed by atoms with Gasteiger partial charge in [-0.1, -0.05) is 33.1 Å². The van der Waals surface area contributed by atoms with Crippen LogP contribution in [-0.4, -0.2) is 53.2 Å². The summed E-state index contributed by atoms with van der Waals surface area (Å²) in [6, 6.07) is -0.418. The van der Waals surface area contributed by atoms with Gasteiger partial charge in [0.2, 0.25) is 5.91 Å². The summed E-state index contributed by atoms with van der Waals surface area (Å²) in [6.07, 6.45) is 6.18. The van der Waals surface area contributed by atoms with Gasteiger partial charge in [-0.05, 0) is 24.7 Å². The molecule has 0 aromatic rings. The Morgan fingerprint density at radius 1 is 1.38 bits per heavy atom. The molecular weight excluding hydrogens is 284 g/mol. The van der Waals surface area contributed by atoms with Gasteiger partial charge in [0.05, 0.1) is 12.6 Å². The number of aliphatic hydroxyl groups excluding tert-OH is 1. The topological polar surface area (TPSA) is 66.6 Å². The third kappa shape index (κ3) is 7.52. The van der Waals surface area contributed by atoms with Crippen molar-refractivity contribution in [3.63, 3.8) is 0 Å². The van der Waals surface area contributed by atoms with E-state index in [1.165, 1.54) is 19.3 Å². The minimum atomic E-state index is -0.418. The van der Waals surface area contributed by atoms with Crippen molar-refractivity contribution < 1.29 is 9.90 Å². The number of rotatable bonds is 9. The second kappa shape index (κ2) is 10.5. The van der Waals surface area contributed by atoms with Gasteiger partial charge in [0.15, 0.2) is 0 Å². The number of carbonyl (C=O) groups excluding carboxylic acids is 1. The van der Waals surface area contributed by atoms with Gasteiger partial charge in [-0.15, -0.1) is 0 Å². The lowest BCUT2D eigenvalue weighted by Crippen LogP contribution is -2.48. The highest BCUT2D eigenvalue weighted by atomic mass is 32.2. The Kier molecular flexibility index (Phi) is 9.36. The molecule has 1 atom stereocenters. The SMILES string of the molecule is CC(C)CCCC1CCN(C(=O)C(N)CSCCO)CC1. The summed E-state index contributed by atoms with van der Waals surface area (Å²) in [5.41, 5.74) is 5.94. The van der Waals surface area contributed by atoms with E-state index in [0.29, 0.717) is 11.5 Å². The molecule has 1 rings (SSSR count). The van der Waals surface area contributed by atoms with E-state index in [0.717, 1.165) is 37.8 Å². The largest absolute Gasteiger partial charge is 0.396 e. The van der Waals surface area contributed by atoms with Gasteiger partial charge < -0.3 is 15.7 Å². The first-order valence-corrected chi connectivity index (χ1v) is 9.43. The lowest BCUT2D eigenvalue weighted by Gasteiger charge is -2.33. The van der Waals surface area contributed by atoms with Crippen LogP contribution in [-0.2, 0) is 4.79 Å². The van der Waals surface area contributed by atoms with E-state index in [9.17, 15) is 4.79 Å². The average molecular weight is 317 g/mol. The smallest absolute Gasteiger partial charge is 0.240 e. The maximum atomic E-state index is 12.2. The van der Waals surface area contributed by atoms with Crippen LogP contribution in [0.2, 0.25) is 0 Å². The number of carbonyl (C=O) groups is 1. The molecule has 0 bridgehead atoms. The predicted molar refractivity (Wildman–Crippen MR) is 90.4 cm³/mol. The number of thioether (sulfide) groups is 1. The molecule has 3 N–H and O–H groups in total. The van der Waals surface area contributed by atoms with E-state index in [4.69, 9.17) is 10.8 Å². The van der Waals surface area contributed by atoms with E-state index in [1.807, 2.05) is 4.90 Å². The summed E-state index contributed by atoms with van der Waals surface area (Å²) >= 11 is 1.55. The van der Waals surface area contributed by atoms with Crippen LogP contribution >= 0.6 is 11.8 Å². The molecule has 5 heteroatoms. The molecule has 1 saturated heterocycles. The quantitative estimate of drug-likeness (QED) is 0.639. The van der Waals surface area contributed by atoms with Crippen LogP contribution in [0.15, 0.2) is 0 Å². The molecule has 1 amide bonds. The monoisotopic (exact) mass is 316 g/mol. The summed E-state index contributed by atoms with van der Waals surface area (Å²) in [7, 11) is 0. The number of amides is 1. The molecule has 124 valence electrons. The Balaban J connectivity index is 2.20. The number of nitrogens with two attached hydrogens (primary N) is 1. The highest BCUT2D eigenvalue weighted by Gasteiger charge is 2.25. The highest BCUT2D eigenvalue weighted by Crippen LogP contribution is 2.24. The van der Waals surface area contributed by atoms with Crippen molar-refractivity contribution >= 4 is 17.7 Å². The number of piperidine rings is 1. The van der Waals surface area contributed by atoms with Crippen molar-refractivity contribution in [3.8, 4) is 0 Å². The fourth-order valence-electron chi connectivity index (χ4n) is 2.84. The maximum absolute atomic E-state index is 12.2. The van der Waals surface area contributed by atoms with Crippen molar-refractivity contribution in [2.45, 2.75) is 52.0 Å². The second-order valence-electron chi connectivity index (χ2n) is 6.50. The minimum absolute atomic E-state index is 0.0843. The Bertz CT molecular complexity index is 292. The van der Waals surface area contributed by atoms with Gasteiger partial charge in [0.1, 0.15) is 0 Å². The van der Waals surface area contributed by atoms with Crippen LogP contribution < -0.4 is 5.73 Å². The molecule has 0 spiro atoms.